The van der Waals surface area contributed by atoms with Gasteiger partial charge < -0.3 is 15.6 Å². The van der Waals surface area contributed by atoms with Gasteiger partial charge in [0.15, 0.2) is 0 Å². The standard InChI is InChI=1S/C18H25N3O/c1-13-7-8-16-14(12-20-17(16)11-13)9-10-19-18(22)21-15-5-3-2-4-6-15/h7-8,11-12,15,20H,2-6,9-10H2,1H3,(H2,19,21,22). The van der Waals surface area contributed by atoms with Crippen molar-refractivity contribution in [2.24, 2.45) is 0 Å². The summed E-state index contributed by atoms with van der Waals surface area (Å²) in [5.41, 5.74) is 3.68. The number of amides is 2. The summed E-state index contributed by atoms with van der Waals surface area (Å²) in [6, 6.07) is 6.77. The lowest BCUT2D eigenvalue weighted by Gasteiger charge is -2.22. The fraction of sp³-hybridized carbons (Fsp3) is 0.500. The molecule has 4 heteroatoms. The summed E-state index contributed by atoms with van der Waals surface area (Å²) in [4.78, 5) is 15.2. The SMILES string of the molecule is Cc1ccc2c(CCNC(=O)NC3CCCCC3)c[nH]c2c1. The van der Waals surface area contributed by atoms with E-state index in [0.717, 1.165) is 19.3 Å². The second kappa shape index (κ2) is 6.86. The molecule has 0 aliphatic heterocycles. The van der Waals surface area contributed by atoms with E-state index < -0.39 is 0 Å². The number of carbonyl (C=O) groups excluding carboxylic acids is 1. The van der Waals surface area contributed by atoms with Crippen molar-refractivity contribution in [3.8, 4) is 0 Å². The Labute approximate surface area is 131 Å². The summed E-state index contributed by atoms with van der Waals surface area (Å²) in [6.45, 7) is 2.76. The van der Waals surface area contributed by atoms with E-state index in [0.29, 0.717) is 12.6 Å². The lowest BCUT2D eigenvalue weighted by atomic mass is 9.96. The average molecular weight is 299 g/mol. The number of hydrogen-bond acceptors (Lipinski definition) is 1. The van der Waals surface area contributed by atoms with E-state index in [1.165, 1.54) is 41.3 Å². The molecule has 0 bridgehead atoms. The Kier molecular flexibility index (Phi) is 4.66. The first-order valence-corrected chi connectivity index (χ1v) is 8.33. The first-order valence-electron chi connectivity index (χ1n) is 8.33. The predicted octanol–water partition coefficient (Wildman–Crippen LogP) is 3.65. The Bertz CT molecular complexity index is 641. The number of rotatable bonds is 4. The Balaban J connectivity index is 1.48. The number of hydrogen-bond donors (Lipinski definition) is 3. The van der Waals surface area contributed by atoms with E-state index in [-0.39, 0.29) is 6.03 Å². The second-order valence-electron chi connectivity index (χ2n) is 6.35. The molecule has 3 N–H and O–H groups in total. The fourth-order valence-electron chi connectivity index (χ4n) is 3.30. The van der Waals surface area contributed by atoms with Crippen LogP contribution >= 0.6 is 0 Å². The maximum Gasteiger partial charge on any atom is 0.315 e. The van der Waals surface area contributed by atoms with Gasteiger partial charge in [0.05, 0.1) is 0 Å². The summed E-state index contributed by atoms with van der Waals surface area (Å²) in [7, 11) is 0. The number of benzene rings is 1. The molecule has 2 amide bonds. The van der Waals surface area contributed by atoms with Crippen LogP contribution < -0.4 is 10.6 Å². The number of fused-ring (bicyclic) bond motifs is 1. The molecule has 1 aromatic heterocycles. The highest BCUT2D eigenvalue weighted by molar-refractivity contribution is 5.83. The first kappa shape index (κ1) is 14.9. The van der Waals surface area contributed by atoms with Crippen LogP contribution in [0.2, 0.25) is 0 Å². The molecule has 1 aromatic carbocycles. The largest absolute Gasteiger partial charge is 0.361 e. The minimum atomic E-state index is -0.0254. The van der Waals surface area contributed by atoms with Crippen molar-refractivity contribution < 1.29 is 4.79 Å². The van der Waals surface area contributed by atoms with Gasteiger partial charge in [0.1, 0.15) is 0 Å². The molecular formula is C18H25N3O. The number of nitrogens with one attached hydrogen (secondary N) is 3. The van der Waals surface area contributed by atoms with E-state index in [1.54, 1.807) is 0 Å². The molecule has 1 aliphatic carbocycles. The third-order valence-electron chi connectivity index (χ3n) is 4.54. The van der Waals surface area contributed by atoms with E-state index in [1.807, 2.05) is 6.20 Å². The Morgan fingerprint density at radius 2 is 2.09 bits per heavy atom. The van der Waals surface area contributed by atoms with Gasteiger partial charge in [0.25, 0.3) is 0 Å². The molecule has 0 atom stereocenters. The van der Waals surface area contributed by atoms with Crippen molar-refractivity contribution in [1.29, 1.82) is 0 Å². The monoisotopic (exact) mass is 299 g/mol. The van der Waals surface area contributed by atoms with Crippen LogP contribution in [-0.4, -0.2) is 23.6 Å². The van der Waals surface area contributed by atoms with Crippen molar-refractivity contribution >= 4 is 16.9 Å². The molecule has 1 fully saturated rings. The summed E-state index contributed by atoms with van der Waals surface area (Å²) in [5.74, 6) is 0. The minimum Gasteiger partial charge on any atom is -0.361 e. The molecule has 118 valence electrons. The molecule has 0 unspecified atom stereocenters. The van der Waals surface area contributed by atoms with Gasteiger partial charge in [-0.25, -0.2) is 4.79 Å². The quantitative estimate of drug-likeness (QED) is 0.793. The zero-order valence-electron chi connectivity index (χ0n) is 13.2. The highest BCUT2D eigenvalue weighted by Gasteiger charge is 2.15. The molecule has 2 aromatic rings. The van der Waals surface area contributed by atoms with Gasteiger partial charge >= 0.3 is 6.03 Å². The topological polar surface area (TPSA) is 56.9 Å². The van der Waals surface area contributed by atoms with E-state index >= 15 is 0 Å². The van der Waals surface area contributed by atoms with Crippen molar-refractivity contribution in [1.82, 2.24) is 15.6 Å². The summed E-state index contributed by atoms with van der Waals surface area (Å²) < 4.78 is 0. The summed E-state index contributed by atoms with van der Waals surface area (Å²) in [6.07, 6.45) is 8.91. The molecule has 0 saturated heterocycles. The first-order chi connectivity index (χ1) is 10.7. The minimum absolute atomic E-state index is 0.0254. The molecule has 22 heavy (non-hydrogen) atoms. The summed E-state index contributed by atoms with van der Waals surface area (Å²) in [5, 5.41) is 7.32. The van der Waals surface area contributed by atoms with Crippen LogP contribution in [0.15, 0.2) is 24.4 Å². The number of H-pyrrole nitrogens is 1. The number of carbonyl (C=O) groups is 1. The van der Waals surface area contributed by atoms with Crippen LogP contribution in [0, 0.1) is 6.92 Å². The molecule has 1 aliphatic rings. The maximum atomic E-state index is 11.9. The van der Waals surface area contributed by atoms with Gasteiger partial charge in [0, 0.05) is 29.7 Å². The number of urea groups is 1. The normalized spacial score (nSPS) is 15.9. The van der Waals surface area contributed by atoms with Crippen LogP contribution in [-0.2, 0) is 6.42 Å². The van der Waals surface area contributed by atoms with Crippen LogP contribution in [0.1, 0.15) is 43.2 Å². The van der Waals surface area contributed by atoms with Gasteiger partial charge in [-0.05, 0) is 43.4 Å². The highest BCUT2D eigenvalue weighted by atomic mass is 16.2. The van der Waals surface area contributed by atoms with Gasteiger partial charge in [-0.2, -0.15) is 0 Å². The highest BCUT2D eigenvalue weighted by Crippen LogP contribution is 2.20. The van der Waals surface area contributed by atoms with Crippen molar-refractivity contribution in [2.45, 2.75) is 51.5 Å². The molecule has 1 heterocycles. The van der Waals surface area contributed by atoms with Crippen molar-refractivity contribution in [3.63, 3.8) is 0 Å². The Morgan fingerprint density at radius 1 is 1.27 bits per heavy atom. The van der Waals surface area contributed by atoms with Gasteiger partial charge in [-0.3, -0.25) is 0 Å². The third kappa shape index (κ3) is 3.62. The average Bonchev–Trinajstić information content (AvgIpc) is 2.90. The third-order valence-corrected chi connectivity index (χ3v) is 4.54. The molecular weight excluding hydrogens is 274 g/mol. The Morgan fingerprint density at radius 3 is 2.91 bits per heavy atom. The number of aromatic nitrogens is 1. The zero-order valence-corrected chi connectivity index (χ0v) is 13.2. The zero-order chi connectivity index (χ0) is 15.4. The van der Waals surface area contributed by atoms with Crippen molar-refractivity contribution in [3.05, 3.63) is 35.5 Å². The van der Waals surface area contributed by atoms with E-state index in [9.17, 15) is 4.79 Å². The molecule has 1 saturated carbocycles. The number of aryl methyl sites for hydroxylation is 1. The lowest BCUT2D eigenvalue weighted by Crippen LogP contribution is -2.43. The summed E-state index contributed by atoms with van der Waals surface area (Å²) >= 11 is 0. The number of aromatic amines is 1. The van der Waals surface area contributed by atoms with E-state index in [4.69, 9.17) is 0 Å². The fourth-order valence-corrected chi connectivity index (χ4v) is 3.30. The van der Waals surface area contributed by atoms with Crippen LogP contribution in [0.25, 0.3) is 10.9 Å². The van der Waals surface area contributed by atoms with E-state index in [2.05, 4.69) is 40.7 Å². The maximum absolute atomic E-state index is 11.9. The smallest absolute Gasteiger partial charge is 0.315 e. The van der Waals surface area contributed by atoms with Gasteiger partial charge in [-0.1, -0.05) is 31.4 Å². The van der Waals surface area contributed by atoms with Crippen LogP contribution in [0.5, 0.6) is 0 Å². The Hall–Kier alpha value is -1.97. The molecule has 4 nitrogen and oxygen atoms in total. The van der Waals surface area contributed by atoms with Gasteiger partial charge in [0.2, 0.25) is 0 Å². The lowest BCUT2D eigenvalue weighted by molar-refractivity contribution is 0.233. The second-order valence-corrected chi connectivity index (χ2v) is 6.35. The molecule has 0 radical (unpaired) electrons. The predicted molar refractivity (Wildman–Crippen MR) is 90.1 cm³/mol. The van der Waals surface area contributed by atoms with Crippen LogP contribution in [0.4, 0.5) is 4.79 Å². The molecule has 3 rings (SSSR count). The van der Waals surface area contributed by atoms with Gasteiger partial charge in [-0.15, -0.1) is 0 Å². The van der Waals surface area contributed by atoms with Crippen LogP contribution in [0.3, 0.4) is 0 Å². The van der Waals surface area contributed by atoms with Crippen molar-refractivity contribution in [2.75, 3.05) is 6.54 Å². The molecule has 0 spiro atoms.